The second-order valence-electron chi connectivity index (χ2n) is 8.01. The van der Waals surface area contributed by atoms with Crippen LogP contribution in [0.2, 0.25) is 0 Å². The summed E-state index contributed by atoms with van der Waals surface area (Å²) in [7, 11) is 8.15. The molecule has 0 unspecified atom stereocenters. The van der Waals surface area contributed by atoms with E-state index in [1.807, 2.05) is 31.2 Å². The van der Waals surface area contributed by atoms with Crippen molar-refractivity contribution in [2.75, 3.05) is 42.2 Å². The van der Waals surface area contributed by atoms with Crippen molar-refractivity contribution in [1.29, 1.82) is 5.26 Å². The highest BCUT2D eigenvalue weighted by atomic mass is 16.5. The Morgan fingerprint density at radius 3 is 1.73 bits per heavy atom. The zero-order valence-electron chi connectivity index (χ0n) is 20.3. The fraction of sp³-hybridized carbons (Fsp3) is 0.500. The topological polar surface area (TPSA) is 79.2 Å². The summed E-state index contributed by atoms with van der Waals surface area (Å²) in [5, 5.41) is 9.77. The monoisotopic (exact) mass is 455 g/mol. The van der Waals surface area contributed by atoms with Crippen molar-refractivity contribution >= 4 is 0 Å². The maximum atomic E-state index is 9.77. The quantitative estimate of drug-likeness (QED) is 0.495. The van der Waals surface area contributed by atoms with Gasteiger partial charge in [-0.05, 0) is 54.7 Å². The first-order chi connectivity index (χ1) is 16.1. The Morgan fingerprint density at radius 1 is 0.788 bits per heavy atom. The van der Waals surface area contributed by atoms with Gasteiger partial charge in [-0.3, -0.25) is 0 Å². The van der Waals surface area contributed by atoms with Crippen LogP contribution in [-0.4, -0.2) is 48.3 Å². The van der Waals surface area contributed by atoms with E-state index >= 15 is 0 Å². The lowest BCUT2D eigenvalue weighted by molar-refractivity contribution is 0.0805. The van der Waals surface area contributed by atoms with Gasteiger partial charge in [-0.2, -0.15) is 5.26 Å². The van der Waals surface area contributed by atoms with E-state index in [0.717, 1.165) is 30.4 Å². The summed E-state index contributed by atoms with van der Waals surface area (Å²) in [5.74, 6) is 3.11. The van der Waals surface area contributed by atoms with Crippen LogP contribution in [0.5, 0.6) is 28.7 Å². The lowest BCUT2D eigenvalue weighted by Gasteiger charge is -2.26. The summed E-state index contributed by atoms with van der Waals surface area (Å²) in [6, 6.07) is 10.1. The molecule has 7 heteroatoms. The van der Waals surface area contributed by atoms with Gasteiger partial charge in [0.15, 0.2) is 23.0 Å². The largest absolute Gasteiger partial charge is 0.493 e. The van der Waals surface area contributed by atoms with E-state index in [1.165, 1.54) is 0 Å². The minimum atomic E-state index is -0.0912. The Balaban J connectivity index is 2.00. The second kappa shape index (κ2) is 11.2. The van der Waals surface area contributed by atoms with E-state index in [9.17, 15) is 5.26 Å². The minimum absolute atomic E-state index is 0.0912. The van der Waals surface area contributed by atoms with Crippen LogP contribution in [0.15, 0.2) is 24.3 Å². The Bertz CT molecular complexity index is 974. The molecule has 0 N–H and O–H groups in total. The molecule has 7 nitrogen and oxygen atoms in total. The van der Waals surface area contributed by atoms with Gasteiger partial charge < -0.3 is 28.4 Å². The number of hydrogen-bond donors (Lipinski definition) is 0. The molecular weight excluding hydrogens is 422 g/mol. The third kappa shape index (κ3) is 4.81. The van der Waals surface area contributed by atoms with Crippen LogP contribution in [0.4, 0.5) is 0 Å². The van der Waals surface area contributed by atoms with Crippen molar-refractivity contribution in [3.63, 3.8) is 0 Å². The molecule has 3 atom stereocenters. The van der Waals surface area contributed by atoms with Crippen LogP contribution in [-0.2, 0) is 4.74 Å². The van der Waals surface area contributed by atoms with Crippen molar-refractivity contribution in [2.24, 2.45) is 0 Å². The number of rotatable bonds is 10. The van der Waals surface area contributed by atoms with Crippen molar-refractivity contribution in [1.82, 2.24) is 0 Å². The van der Waals surface area contributed by atoms with Gasteiger partial charge in [0.2, 0.25) is 5.75 Å². The highest BCUT2D eigenvalue weighted by Crippen LogP contribution is 2.50. The molecular formula is C26H33NO6. The van der Waals surface area contributed by atoms with Crippen LogP contribution >= 0.6 is 0 Å². The highest BCUT2D eigenvalue weighted by molar-refractivity contribution is 5.57. The fourth-order valence-electron chi connectivity index (χ4n) is 4.75. The van der Waals surface area contributed by atoms with E-state index in [1.54, 1.807) is 35.5 Å². The van der Waals surface area contributed by atoms with Gasteiger partial charge in [-0.25, -0.2) is 0 Å². The Kier molecular flexibility index (Phi) is 8.29. The molecule has 0 saturated heterocycles. The van der Waals surface area contributed by atoms with Crippen LogP contribution < -0.4 is 23.7 Å². The number of ether oxygens (including phenoxy) is 6. The summed E-state index contributed by atoms with van der Waals surface area (Å²) in [5.41, 5.74) is 2.55. The van der Waals surface area contributed by atoms with E-state index in [-0.39, 0.29) is 17.9 Å². The Morgan fingerprint density at radius 2 is 1.30 bits per heavy atom. The van der Waals surface area contributed by atoms with Gasteiger partial charge in [-0.15, -0.1) is 0 Å². The van der Waals surface area contributed by atoms with Gasteiger partial charge in [0.1, 0.15) is 6.07 Å². The number of methoxy groups -OCH3 is 5. The third-order valence-electron chi connectivity index (χ3n) is 6.27. The lowest BCUT2D eigenvalue weighted by atomic mass is 9.88. The van der Waals surface area contributed by atoms with Crippen molar-refractivity contribution in [2.45, 2.75) is 44.1 Å². The normalized spacial score (nSPS) is 19.6. The van der Waals surface area contributed by atoms with E-state index in [4.69, 9.17) is 28.4 Å². The highest BCUT2D eigenvalue weighted by Gasteiger charge is 2.39. The molecule has 1 saturated carbocycles. The summed E-state index contributed by atoms with van der Waals surface area (Å²) >= 11 is 0. The van der Waals surface area contributed by atoms with Gasteiger partial charge in [0.25, 0.3) is 0 Å². The molecule has 0 radical (unpaired) electrons. The van der Waals surface area contributed by atoms with Crippen molar-refractivity contribution < 1.29 is 28.4 Å². The van der Waals surface area contributed by atoms with Crippen LogP contribution in [0.3, 0.4) is 0 Å². The Labute approximate surface area is 196 Å². The average molecular weight is 456 g/mol. The average Bonchev–Trinajstić information content (AvgIpc) is 3.30. The Hall–Kier alpha value is -3.11. The molecule has 0 aliphatic heterocycles. The first-order valence-electron chi connectivity index (χ1n) is 11.1. The van der Waals surface area contributed by atoms with Gasteiger partial charge in [-0.1, -0.05) is 6.92 Å². The molecule has 2 aromatic rings. The van der Waals surface area contributed by atoms with E-state index in [0.29, 0.717) is 40.9 Å². The fourth-order valence-corrected chi connectivity index (χ4v) is 4.75. The molecule has 0 spiro atoms. The van der Waals surface area contributed by atoms with Crippen LogP contribution in [0, 0.1) is 11.3 Å². The van der Waals surface area contributed by atoms with Crippen LogP contribution in [0.1, 0.15) is 54.7 Å². The lowest BCUT2D eigenvalue weighted by Crippen LogP contribution is -2.21. The molecule has 0 amide bonds. The zero-order valence-corrected chi connectivity index (χ0v) is 20.3. The summed E-state index contributed by atoms with van der Waals surface area (Å²) in [6.45, 7) is 2.55. The van der Waals surface area contributed by atoms with Gasteiger partial charge >= 0.3 is 0 Å². The maximum Gasteiger partial charge on any atom is 0.203 e. The number of hydrogen-bond acceptors (Lipinski definition) is 7. The first kappa shape index (κ1) is 24.5. The minimum Gasteiger partial charge on any atom is -0.493 e. The van der Waals surface area contributed by atoms with E-state index < -0.39 is 0 Å². The number of nitriles is 1. The third-order valence-corrected chi connectivity index (χ3v) is 6.27. The van der Waals surface area contributed by atoms with Gasteiger partial charge in [0, 0.05) is 18.9 Å². The second-order valence-corrected chi connectivity index (χ2v) is 8.01. The molecule has 1 aliphatic rings. The SMILES string of the molecule is CCCOc1c(C#N)cc([C@H]2CC[C@H](c3cc(OC)c(OC)c(OC)c3)[C@@H]2OC)cc1OC. The molecule has 0 bridgehead atoms. The van der Waals surface area contributed by atoms with E-state index in [2.05, 4.69) is 6.07 Å². The zero-order chi connectivity index (χ0) is 24.0. The smallest absolute Gasteiger partial charge is 0.203 e. The molecule has 1 fully saturated rings. The summed E-state index contributed by atoms with van der Waals surface area (Å²) in [4.78, 5) is 0. The van der Waals surface area contributed by atoms with Crippen molar-refractivity contribution in [3.05, 3.63) is 41.0 Å². The molecule has 178 valence electrons. The molecule has 33 heavy (non-hydrogen) atoms. The van der Waals surface area contributed by atoms with Gasteiger partial charge in [0.05, 0.1) is 46.7 Å². The molecule has 0 heterocycles. The molecule has 2 aromatic carbocycles. The number of benzene rings is 2. The maximum absolute atomic E-state index is 9.77. The molecule has 0 aromatic heterocycles. The first-order valence-corrected chi connectivity index (χ1v) is 11.1. The number of nitrogens with zero attached hydrogens (tertiary/aromatic N) is 1. The molecule has 3 rings (SSSR count). The van der Waals surface area contributed by atoms with Crippen LogP contribution in [0.25, 0.3) is 0 Å². The summed E-state index contributed by atoms with van der Waals surface area (Å²) < 4.78 is 34.0. The van der Waals surface area contributed by atoms with Crippen molar-refractivity contribution in [3.8, 4) is 34.8 Å². The summed E-state index contributed by atoms with van der Waals surface area (Å²) in [6.07, 6.45) is 2.58. The molecule has 1 aliphatic carbocycles. The predicted molar refractivity (Wildman–Crippen MR) is 125 cm³/mol. The standard InChI is InChI=1S/C26H33NO6/c1-7-10-33-24-18(15-27)11-16(12-21(24)28-2)19-8-9-20(25(19)31-5)17-13-22(29-3)26(32-6)23(14-17)30-4/h11-14,19-20,25H,7-10H2,1-6H3/t19-,20-,25-/m1/s1. The predicted octanol–water partition coefficient (Wildman–Crippen LogP) is 5.06.